The van der Waals surface area contributed by atoms with Crippen molar-refractivity contribution in [3.05, 3.63) is 42.2 Å². The number of hydrogen-bond donors (Lipinski definition) is 1. The van der Waals surface area contributed by atoms with Crippen LogP contribution in [-0.2, 0) is 4.79 Å². The lowest BCUT2D eigenvalue weighted by Crippen LogP contribution is -2.28. The summed E-state index contributed by atoms with van der Waals surface area (Å²) in [5.74, 6) is 2.20. The predicted molar refractivity (Wildman–Crippen MR) is 91.8 cm³/mol. The first-order chi connectivity index (χ1) is 12.7. The van der Waals surface area contributed by atoms with Crippen molar-refractivity contribution >= 4 is 17.7 Å². The van der Waals surface area contributed by atoms with E-state index in [-0.39, 0.29) is 30.4 Å². The van der Waals surface area contributed by atoms with Gasteiger partial charge in [0, 0.05) is 0 Å². The van der Waals surface area contributed by atoms with E-state index in [9.17, 15) is 4.79 Å². The Hall–Kier alpha value is -2.94. The van der Waals surface area contributed by atoms with E-state index in [0.29, 0.717) is 22.5 Å². The van der Waals surface area contributed by atoms with Crippen LogP contribution in [0.5, 0.6) is 11.5 Å². The van der Waals surface area contributed by atoms with Crippen LogP contribution in [0.15, 0.2) is 50.7 Å². The van der Waals surface area contributed by atoms with E-state index in [4.69, 9.17) is 18.3 Å². The Morgan fingerprint density at radius 3 is 3.00 bits per heavy atom. The molecular weight excluding hydrogens is 358 g/mol. The normalized spacial score (nSPS) is 13.6. The number of furan rings is 1. The Kier molecular flexibility index (Phi) is 4.53. The van der Waals surface area contributed by atoms with Crippen LogP contribution in [0.2, 0.25) is 0 Å². The number of amides is 1. The fourth-order valence-electron chi connectivity index (χ4n) is 2.44. The van der Waals surface area contributed by atoms with E-state index in [2.05, 4.69) is 15.5 Å². The van der Waals surface area contributed by atoms with E-state index in [1.807, 2.05) is 25.1 Å². The molecule has 1 aliphatic rings. The van der Waals surface area contributed by atoms with E-state index >= 15 is 0 Å². The minimum Gasteiger partial charge on any atom is -0.459 e. The zero-order valence-electron chi connectivity index (χ0n) is 13.8. The lowest BCUT2D eigenvalue weighted by atomic mass is 10.1. The van der Waals surface area contributed by atoms with E-state index in [0.717, 1.165) is 5.56 Å². The fourth-order valence-corrected chi connectivity index (χ4v) is 3.02. The number of benzene rings is 1. The standard InChI is InChI=1S/C17H15N3O5S/c1-10(11-4-5-12-14(7-11)24-9-23-12)18-15(21)8-26-17-20-19-16(25-17)13-3-2-6-22-13/h2-7,10H,8-9H2,1H3,(H,18,21)/t10-/m1/s1. The Labute approximate surface area is 152 Å². The summed E-state index contributed by atoms with van der Waals surface area (Å²) >= 11 is 1.17. The molecule has 0 radical (unpaired) electrons. The van der Waals surface area contributed by atoms with Crippen molar-refractivity contribution in [1.82, 2.24) is 15.5 Å². The topological polar surface area (TPSA) is 99.6 Å². The second-order valence-electron chi connectivity index (χ2n) is 5.54. The first-order valence-corrected chi connectivity index (χ1v) is 8.87. The highest BCUT2D eigenvalue weighted by atomic mass is 32.2. The average molecular weight is 373 g/mol. The molecule has 26 heavy (non-hydrogen) atoms. The molecule has 0 bridgehead atoms. The molecule has 1 aliphatic heterocycles. The van der Waals surface area contributed by atoms with Crippen molar-refractivity contribution in [3.63, 3.8) is 0 Å². The molecule has 134 valence electrons. The third-order valence-electron chi connectivity index (χ3n) is 3.74. The summed E-state index contributed by atoms with van der Waals surface area (Å²) in [6, 6.07) is 8.90. The van der Waals surface area contributed by atoms with Crippen LogP contribution in [0.1, 0.15) is 18.5 Å². The van der Waals surface area contributed by atoms with Crippen molar-refractivity contribution in [2.75, 3.05) is 12.5 Å². The second kappa shape index (κ2) is 7.12. The van der Waals surface area contributed by atoms with Gasteiger partial charge in [-0.2, -0.15) is 0 Å². The molecule has 1 N–H and O–H groups in total. The van der Waals surface area contributed by atoms with Crippen LogP contribution in [0.4, 0.5) is 0 Å². The minimum atomic E-state index is -0.168. The molecule has 2 aromatic heterocycles. The number of fused-ring (bicyclic) bond motifs is 1. The number of nitrogens with one attached hydrogen (secondary N) is 1. The molecule has 3 aromatic rings. The molecule has 4 rings (SSSR count). The SMILES string of the molecule is C[C@@H](NC(=O)CSc1nnc(-c2ccco2)o1)c1ccc2c(c1)OCO2. The van der Waals surface area contributed by atoms with Gasteiger partial charge in [0.25, 0.3) is 11.1 Å². The van der Waals surface area contributed by atoms with Crippen LogP contribution in [0, 0.1) is 0 Å². The van der Waals surface area contributed by atoms with Crippen LogP contribution in [-0.4, -0.2) is 28.7 Å². The first kappa shape index (κ1) is 16.5. The van der Waals surface area contributed by atoms with Gasteiger partial charge in [-0.25, -0.2) is 0 Å². The molecule has 1 atom stereocenters. The highest BCUT2D eigenvalue weighted by molar-refractivity contribution is 7.99. The van der Waals surface area contributed by atoms with Gasteiger partial charge in [0.05, 0.1) is 18.1 Å². The number of carbonyl (C=O) groups is 1. The second-order valence-corrected chi connectivity index (χ2v) is 6.47. The fraction of sp³-hybridized carbons (Fsp3) is 0.235. The molecule has 0 saturated heterocycles. The maximum Gasteiger partial charge on any atom is 0.284 e. The van der Waals surface area contributed by atoms with Gasteiger partial charge >= 0.3 is 0 Å². The molecule has 0 saturated carbocycles. The summed E-state index contributed by atoms with van der Waals surface area (Å²) < 4.78 is 21.3. The number of rotatable bonds is 6. The van der Waals surface area contributed by atoms with Crippen LogP contribution in [0.25, 0.3) is 11.7 Å². The Bertz CT molecular complexity index is 909. The van der Waals surface area contributed by atoms with Gasteiger partial charge in [-0.1, -0.05) is 17.8 Å². The quantitative estimate of drug-likeness (QED) is 0.658. The number of carbonyl (C=O) groups excluding carboxylic acids is 1. The van der Waals surface area contributed by atoms with Crippen molar-refractivity contribution < 1.29 is 23.1 Å². The van der Waals surface area contributed by atoms with Crippen LogP contribution in [0.3, 0.4) is 0 Å². The van der Waals surface area contributed by atoms with Crippen molar-refractivity contribution in [2.24, 2.45) is 0 Å². The van der Waals surface area contributed by atoms with Gasteiger partial charge in [0.2, 0.25) is 12.7 Å². The number of aromatic nitrogens is 2. The van der Waals surface area contributed by atoms with Gasteiger partial charge in [-0.15, -0.1) is 10.2 Å². The molecule has 3 heterocycles. The molecule has 1 amide bonds. The van der Waals surface area contributed by atoms with Crippen molar-refractivity contribution in [1.29, 1.82) is 0 Å². The zero-order chi connectivity index (χ0) is 17.9. The smallest absolute Gasteiger partial charge is 0.284 e. The maximum atomic E-state index is 12.2. The lowest BCUT2D eigenvalue weighted by molar-refractivity contribution is -0.119. The minimum absolute atomic E-state index is 0.141. The lowest BCUT2D eigenvalue weighted by Gasteiger charge is -2.14. The number of nitrogens with zero attached hydrogens (tertiary/aromatic N) is 2. The molecule has 9 heteroatoms. The highest BCUT2D eigenvalue weighted by Crippen LogP contribution is 2.34. The number of hydrogen-bond acceptors (Lipinski definition) is 8. The van der Waals surface area contributed by atoms with Crippen molar-refractivity contribution in [2.45, 2.75) is 18.2 Å². The summed E-state index contributed by atoms with van der Waals surface area (Å²) in [7, 11) is 0. The van der Waals surface area contributed by atoms with Gasteiger partial charge in [-0.3, -0.25) is 4.79 Å². The van der Waals surface area contributed by atoms with E-state index < -0.39 is 0 Å². The predicted octanol–water partition coefficient (Wildman–Crippen LogP) is 3.03. The maximum absolute atomic E-state index is 12.2. The largest absolute Gasteiger partial charge is 0.459 e. The molecule has 0 aliphatic carbocycles. The molecule has 8 nitrogen and oxygen atoms in total. The highest BCUT2D eigenvalue weighted by Gasteiger charge is 2.18. The zero-order valence-corrected chi connectivity index (χ0v) is 14.6. The molecule has 0 spiro atoms. The Morgan fingerprint density at radius 2 is 2.15 bits per heavy atom. The Balaban J connectivity index is 1.31. The molecular formula is C17H15N3O5S. The van der Waals surface area contributed by atoms with Crippen molar-refractivity contribution in [3.8, 4) is 23.1 Å². The number of thioether (sulfide) groups is 1. The van der Waals surface area contributed by atoms with E-state index in [1.165, 1.54) is 18.0 Å². The third-order valence-corrected chi connectivity index (χ3v) is 4.56. The number of ether oxygens (including phenoxy) is 2. The summed E-state index contributed by atoms with van der Waals surface area (Å²) in [6.45, 7) is 2.13. The summed E-state index contributed by atoms with van der Waals surface area (Å²) in [4.78, 5) is 12.2. The molecule has 0 unspecified atom stereocenters. The summed E-state index contributed by atoms with van der Waals surface area (Å²) in [5, 5.41) is 11.0. The average Bonchev–Trinajstić information content (AvgIpc) is 3.40. The van der Waals surface area contributed by atoms with Crippen LogP contribution < -0.4 is 14.8 Å². The van der Waals surface area contributed by atoms with Gasteiger partial charge in [-0.05, 0) is 36.8 Å². The molecule has 0 fully saturated rings. The monoisotopic (exact) mass is 373 g/mol. The van der Waals surface area contributed by atoms with Crippen LogP contribution >= 0.6 is 11.8 Å². The Morgan fingerprint density at radius 1 is 1.27 bits per heavy atom. The summed E-state index contributed by atoms with van der Waals surface area (Å²) in [5.41, 5.74) is 0.936. The third kappa shape index (κ3) is 3.52. The van der Waals surface area contributed by atoms with Gasteiger partial charge in [0.1, 0.15) is 0 Å². The van der Waals surface area contributed by atoms with Gasteiger partial charge < -0.3 is 23.6 Å². The summed E-state index contributed by atoms with van der Waals surface area (Å²) in [6.07, 6.45) is 1.53. The first-order valence-electron chi connectivity index (χ1n) is 7.88. The van der Waals surface area contributed by atoms with Gasteiger partial charge in [0.15, 0.2) is 17.3 Å². The van der Waals surface area contributed by atoms with E-state index in [1.54, 1.807) is 12.1 Å². The molecule has 1 aromatic carbocycles.